The number of amidine groups is 1. The number of nitrogens with zero attached hydrogens (tertiary/aromatic N) is 1. The summed E-state index contributed by atoms with van der Waals surface area (Å²) >= 11 is 19.3. The van der Waals surface area contributed by atoms with Crippen molar-refractivity contribution in [3.8, 4) is 5.75 Å². The predicted molar refractivity (Wildman–Crippen MR) is 105 cm³/mol. The molecule has 128 valence electrons. The van der Waals surface area contributed by atoms with Crippen LogP contribution in [0.5, 0.6) is 5.75 Å². The highest BCUT2D eigenvalue weighted by atomic mass is 35.5. The molecule has 0 saturated carbocycles. The number of nitrogens with one attached hydrogen (secondary N) is 1. The molecule has 1 N–H and O–H groups in total. The van der Waals surface area contributed by atoms with Crippen LogP contribution in [0.2, 0.25) is 15.1 Å². The molecule has 0 unspecified atom stereocenters. The van der Waals surface area contributed by atoms with Gasteiger partial charge in [-0.15, -0.1) is 0 Å². The minimum Gasteiger partial charge on any atom is -0.494 e. The van der Waals surface area contributed by atoms with Gasteiger partial charge in [-0.1, -0.05) is 34.8 Å². The Hall–Kier alpha value is -1.66. The van der Waals surface area contributed by atoms with Gasteiger partial charge in [0.05, 0.1) is 27.7 Å². The zero-order valence-electron chi connectivity index (χ0n) is 12.8. The normalized spacial score (nSPS) is 17.2. The Bertz CT molecular complexity index is 872. The van der Waals surface area contributed by atoms with Gasteiger partial charge in [0, 0.05) is 5.02 Å². The van der Waals surface area contributed by atoms with Crippen LogP contribution in [0.4, 0.5) is 5.69 Å². The minimum atomic E-state index is -0.235. The molecule has 0 atom stereocenters. The average molecular weight is 414 g/mol. The van der Waals surface area contributed by atoms with Gasteiger partial charge >= 0.3 is 0 Å². The molecule has 3 rings (SSSR count). The Kier molecular flexibility index (Phi) is 5.59. The number of methoxy groups -OCH3 is 1. The van der Waals surface area contributed by atoms with Crippen LogP contribution in [-0.4, -0.2) is 18.2 Å². The topological polar surface area (TPSA) is 50.7 Å². The zero-order valence-corrected chi connectivity index (χ0v) is 15.9. The van der Waals surface area contributed by atoms with Crippen molar-refractivity contribution in [3.05, 3.63) is 61.9 Å². The second kappa shape index (κ2) is 7.70. The summed E-state index contributed by atoms with van der Waals surface area (Å²) < 4.78 is 5.12. The van der Waals surface area contributed by atoms with E-state index in [0.717, 1.165) is 0 Å². The van der Waals surface area contributed by atoms with Crippen LogP contribution in [0.15, 0.2) is 46.3 Å². The van der Waals surface area contributed by atoms with Crippen molar-refractivity contribution < 1.29 is 9.53 Å². The first kappa shape index (κ1) is 18.1. The zero-order chi connectivity index (χ0) is 18.0. The smallest absolute Gasteiger partial charge is 0.264 e. The number of halogens is 3. The van der Waals surface area contributed by atoms with Crippen molar-refractivity contribution in [2.45, 2.75) is 0 Å². The summed E-state index contributed by atoms with van der Waals surface area (Å²) in [6, 6.07) is 10.4. The third-order valence-electron chi connectivity index (χ3n) is 3.23. The van der Waals surface area contributed by atoms with Gasteiger partial charge in [-0.2, -0.15) is 0 Å². The summed E-state index contributed by atoms with van der Waals surface area (Å²) in [4.78, 5) is 17.0. The van der Waals surface area contributed by atoms with Crippen molar-refractivity contribution in [2.75, 3.05) is 7.11 Å². The van der Waals surface area contributed by atoms with Gasteiger partial charge in [0.15, 0.2) is 10.9 Å². The highest BCUT2D eigenvalue weighted by molar-refractivity contribution is 8.18. The molecule has 4 nitrogen and oxygen atoms in total. The summed E-state index contributed by atoms with van der Waals surface area (Å²) in [5.74, 6) is 0.166. The van der Waals surface area contributed by atoms with Crippen LogP contribution in [0, 0.1) is 0 Å². The van der Waals surface area contributed by atoms with Crippen molar-refractivity contribution in [3.63, 3.8) is 0 Å². The van der Waals surface area contributed by atoms with E-state index >= 15 is 0 Å². The molecule has 1 saturated heterocycles. The molecule has 8 heteroatoms. The number of ether oxygens (including phenoxy) is 1. The lowest BCUT2D eigenvalue weighted by atomic mass is 10.2. The van der Waals surface area contributed by atoms with E-state index in [2.05, 4.69) is 10.3 Å². The Morgan fingerprint density at radius 2 is 1.76 bits per heavy atom. The first-order valence-electron chi connectivity index (χ1n) is 7.04. The van der Waals surface area contributed by atoms with Crippen LogP contribution < -0.4 is 10.1 Å². The first-order valence-corrected chi connectivity index (χ1v) is 8.99. The van der Waals surface area contributed by atoms with E-state index in [9.17, 15) is 4.79 Å². The number of hydrogen-bond acceptors (Lipinski definition) is 4. The number of amides is 1. The van der Waals surface area contributed by atoms with E-state index in [-0.39, 0.29) is 5.91 Å². The summed E-state index contributed by atoms with van der Waals surface area (Å²) in [5, 5.41) is 4.59. The number of thioether (sulfide) groups is 1. The van der Waals surface area contributed by atoms with E-state index in [1.54, 1.807) is 42.5 Å². The lowest BCUT2D eigenvalue weighted by Crippen LogP contribution is -2.19. The lowest BCUT2D eigenvalue weighted by Gasteiger charge is -2.06. The van der Waals surface area contributed by atoms with Crippen LogP contribution in [0.3, 0.4) is 0 Å². The lowest BCUT2D eigenvalue weighted by molar-refractivity contribution is -0.115. The Labute approximate surface area is 163 Å². The fourth-order valence-electron chi connectivity index (χ4n) is 2.12. The van der Waals surface area contributed by atoms with Gasteiger partial charge in [-0.3, -0.25) is 4.79 Å². The van der Waals surface area contributed by atoms with E-state index < -0.39 is 0 Å². The monoisotopic (exact) mass is 412 g/mol. The van der Waals surface area contributed by atoms with Gasteiger partial charge in [0.2, 0.25) is 0 Å². The summed E-state index contributed by atoms with van der Waals surface area (Å²) in [5.41, 5.74) is 1.39. The van der Waals surface area contributed by atoms with Gasteiger partial charge in [-0.05, 0) is 59.8 Å². The SMILES string of the molecule is COc1c(Cl)cc(C=C2SC(=Nc3ccc(Cl)cc3)NC2=O)cc1Cl. The van der Waals surface area contributed by atoms with Crippen LogP contribution in [0.25, 0.3) is 6.08 Å². The number of carbonyl (C=O) groups is 1. The van der Waals surface area contributed by atoms with E-state index in [1.807, 2.05) is 0 Å². The Balaban J connectivity index is 1.85. The average Bonchev–Trinajstić information content (AvgIpc) is 2.89. The molecule has 0 aliphatic carbocycles. The molecule has 2 aromatic rings. The van der Waals surface area contributed by atoms with Crippen LogP contribution in [-0.2, 0) is 4.79 Å². The van der Waals surface area contributed by atoms with Gasteiger partial charge in [-0.25, -0.2) is 4.99 Å². The van der Waals surface area contributed by atoms with Gasteiger partial charge in [0.1, 0.15) is 0 Å². The standard InChI is InChI=1S/C17H11Cl3N2O2S/c1-24-15-12(19)6-9(7-13(15)20)8-14-16(23)22-17(25-14)21-11-4-2-10(18)3-5-11/h2-8H,1H3,(H,21,22,23). The van der Waals surface area contributed by atoms with E-state index in [4.69, 9.17) is 39.5 Å². The van der Waals surface area contributed by atoms with Crippen molar-refractivity contribution >= 4 is 69.4 Å². The molecule has 0 bridgehead atoms. The maximum absolute atomic E-state index is 12.1. The molecular formula is C17H11Cl3N2O2S. The Morgan fingerprint density at radius 3 is 2.36 bits per heavy atom. The van der Waals surface area contributed by atoms with Crippen molar-refractivity contribution in [1.29, 1.82) is 0 Å². The third-order valence-corrected chi connectivity index (χ3v) is 4.95. The molecule has 1 aliphatic heterocycles. The molecule has 25 heavy (non-hydrogen) atoms. The minimum absolute atomic E-state index is 0.235. The van der Waals surface area contributed by atoms with E-state index in [1.165, 1.54) is 18.9 Å². The fraction of sp³-hybridized carbons (Fsp3) is 0.0588. The predicted octanol–water partition coefficient (Wildman–Crippen LogP) is 5.55. The van der Waals surface area contributed by atoms with Gasteiger partial charge < -0.3 is 10.1 Å². The third kappa shape index (κ3) is 4.30. The first-order chi connectivity index (χ1) is 12.0. The molecule has 1 fully saturated rings. The van der Waals surface area contributed by atoms with Crippen molar-refractivity contribution in [2.24, 2.45) is 4.99 Å². The maximum atomic E-state index is 12.1. The number of benzene rings is 2. The summed E-state index contributed by atoms with van der Waals surface area (Å²) in [7, 11) is 1.49. The number of rotatable bonds is 3. The van der Waals surface area contributed by atoms with Crippen LogP contribution in [0.1, 0.15) is 5.56 Å². The second-order valence-electron chi connectivity index (χ2n) is 4.98. The summed E-state index contributed by atoms with van der Waals surface area (Å²) in [6.45, 7) is 0. The molecule has 1 aliphatic rings. The molecule has 1 heterocycles. The molecule has 1 amide bonds. The Morgan fingerprint density at radius 1 is 1.12 bits per heavy atom. The maximum Gasteiger partial charge on any atom is 0.264 e. The van der Waals surface area contributed by atoms with Crippen molar-refractivity contribution in [1.82, 2.24) is 5.32 Å². The number of aliphatic imine (C=N–C) groups is 1. The second-order valence-corrected chi connectivity index (χ2v) is 7.26. The quantitative estimate of drug-likeness (QED) is 0.671. The summed E-state index contributed by atoms with van der Waals surface area (Å²) in [6.07, 6.45) is 1.70. The molecule has 0 radical (unpaired) electrons. The number of carbonyl (C=O) groups excluding carboxylic acids is 1. The van der Waals surface area contributed by atoms with E-state index in [0.29, 0.717) is 42.1 Å². The molecule has 0 aromatic heterocycles. The molecular weight excluding hydrogens is 403 g/mol. The van der Waals surface area contributed by atoms with Gasteiger partial charge in [0.25, 0.3) is 5.91 Å². The molecule has 2 aromatic carbocycles. The molecule has 0 spiro atoms. The highest BCUT2D eigenvalue weighted by Gasteiger charge is 2.24. The van der Waals surface area contributed by atoms with Crippen LogP contribution >= 0.6 is 46.6 Å². The largest absolute Gasteiger partial charge is 0.494 e. The fourth-order valence-corrected chi connectivity index (χ4v) is 3.75. The number of hydrogen-bond donors (Lipinski definition) is 1. The highest BCUT2D eigenvalue weighted by Crippen LogP contribution is 2.36.